The number of para-hydroxylation sites is 1. The molecule has 0 radical (unpaired) electrons. The standard InChI is InChI=1S/C15H17N3O2/c1-10-6-13(18-17-10)15(19)16-8-11-7-12-4-2-3-5-14(12)20-9-11/h2-6,11H,7-9H2,1H3,(H,16,19)(H,17,18)/t11-/m1/s1. The molecule has 5 heteroatoms. The molecule has 2 heterocycles. The van der Waals surface area contributed by atoms with Gasteiger partial charge >= 0.3 is 0 Å². The highest BCUT2D eigenvalue weighted by Gasteiger charge is 2.20. The summed E-state index contributed by atoms with van der Waals surface area (Å²) in [4.78, 5) is 11.9. The second-order valence-electron chi connectivity index (χ2n) is 5.14. The number of aromatic nitrogens is 2. The van der Waals surface area contributed by atoms with Crippen molar-refractivity contribution in [3.8, 4) is 5.75 Å². The minimum atomic E-state index is -0.145. The first-order valence-corrected chi connectivity index (χ1v) is 6.73. The van der Waals surface area contributed by atoms with Crippen molar-refractivity contribution in [3.63, 3.8) is 0 Å². The fourth-order valence-corrected chi connectivity index (χ4v) is 2.38. The minimum absolute atomic E-state index is 0.145. The summed E-state index contributed by atoms with van der Waals surface area (Å²) in [6.07, 6.45) is 0.927. The Hall–Kier alpha value is -2.30. The summed E-state index contributed by atoms with van der Waals surface area (Å²) in [7, 11) is 0. The molecule has 0 bridgehead atoms. The Balaban J connectivity index is 1.56. The van der Waals surface area contributed by atoms with E-state index < -0.39 is 0 Å². The molecule has 5 nitrogen and oxygen atoms in total. The highest BCUT2D eigenvalue weighted by molar-refractivity contribution is 5.92. The Kier molecular flexibility index (Phi) is 3.41. The van der Waals surface area contributed by atoms with Crippen LogP contribution in [0.1, 0.15) is 21.7 Å². The number of nitrogens with one attached hydrogen (secondary N) is 2. The molecular formula is C15H17N3O2. The van der Waals surface area contributed by atoms with E-state index in [1.54, 1.807) is 6.07 Å². The first-order valence-electron chi connectivity index (χ1n) is 6.73. The summed E-state index contributed by atoms with van der Waals surface area (Å²) in [5.74, 6) is 1.11. The van der Waals surface area contributed by atoms with E-state index in [9.17, 15) is 4.79 Å². The van der Waals surface area contributed by atoms with E-state index in [-0.39, 0.29) is 5.91 Å². The summed E-state index contributed by atoms with van der Waals surface area (Å²) in [5.41, 5.74) is 2.51. The highest BCUT2D eigenvalue weighted by Crippen LogP contribution is 2.26. The van der Waals surface area contributed by atoms with Crippen LogP contribution in [-0.2, 0) is 6.42 Å². The highest BCUT2D eigenvalue weighted by atomic mass is 16.5. The van der Waals surface area contributed by atoms with E-state index >= 15 is 0 Å². The number of nitrogens with zero attached hydrogens (tertiary/aromatic N) is 1. The lowest BCUT2D eigenvalue weighted by Gasteiger charge is -2.25. The largest absolute Gasteiger partial charge is 0.493 e. The number of aryl methyl sites for hydroxylation is 1. The van der Waals surface area contributed by atoms with Crippen molar-refractivity contribution >= 4 is 5.91 Å². The van der Waals surface area contributed by atoms with Gasteiger partial charge in [-0.3, -0.25) is 9.89 Å². The van der Waals surface area contributed by atoms with E-state index in [1.165, 1.54) is 5.56 Å². The zero-order valence-corrected chi connectivity index (χ0v) is 11.3. The topological polar surface area (TPSA) is 67.0 Å². The number of fused-ring (bicyclic) bond motifs is 1. The van der Waals surface area contributed by atoms with Gasteiger partial charge in [0.05, 0.1) is 6.61 Å². The molecule has 3 rings (SSSR count). The minimum Gasteiger partial charge on any atom is -0.493 e. The van der Waals surface area contributed by atoms with Gasteiger partial charge in [0.25, 0.3) is 5.91 Å². The molecule has 1 aliphatic heterocycles. The number of rotatable bonds is 3. The fraction of sp³-hybridized carbons (Fsp3) is 0.333. The van der Waals surface area contributed by atoms with Gasteiger partial charge in [-0.05, 0) is 31.0 Å². The Morgan fingerprint density at radius 1 is 1.50 bits per heavy atom. The maximum Gasteiger partial charge on any atom is 0.271 e. The molecule has 1 aliphatic rings. The Morgan fingerprint density at radius 2 is 2.35 bits per heavy atom. The molecular weight excluding hydrogens is 254 g/mol. The monoisotopic (exact) mass is 271 g/mol. The van der Waals surface area contributed by atoms with Crippen LogP contribution in [0.2, 0.25) is 0 Å². The number of ether oxygens (including phenoxy) is 1. The van der Waals surface area contributed by atoms with Gasteiger partial charge < -0.3 is 10.1 Å². The van der Waals surface area contributed by atoms with Gasteiger partial charge in [0.1, 0.15) is 11.4 Å². The van der Waals surface area contributed by atoms with Gasteiger partial charge in [0, 0.05) is 18.2 Å². The summed E-state index contributed by atoms with van der Waals surface area (Å²) in [6.45, 7) is 3.10. The van der Waals surface area contributed by atoms with Gasteiger partial charge in [-0.1, -0.05) is 18.2 Å². The maximum absolute atomic E-state index is 11.9. The third-order valence-corrected chi connectivity index (χ3v) is 3.45. The smallest absolute Gasteiger partial charge is 0.271 e. The number of hydrogen-bond donors (Lipinski definition) is 2. The molecule has 1 atom stereocenters. The second-order valence-corrected chi connectivity index (χ2v) is 5.14. The van der Waals surface area contributed by atoms with Gasteiger partial charge in [-0.15, -0.1) is 0 Å². The van der Waals surface area contributed by atoms with E-state index in [0.29, 0.717) is 24.8 Å². The molecule has 0 aliphatic carbocycles. The molecule has 2 N–H and O–H groups in total. The summed E-state index contributed by atoms with van der Waals surface area (Å²) in [6, 6.07) is 9.77. The number of carbonyl (C=O) groups excluding carboxylic acids is 1. The average molecular weight is 271 g/mol. The number of H-pyrrole nitrogens is 1. The predicted molar refractivity (Wildman–Crippen MR) is 74.8 cm³/mol. The number of aromatic amines is 1. The lowest BCUT2D eigenvalue weighted by molar-refractivity contribution is 0.0934. The van der Waals surface area contributed by atoms with Crippen LogP contribution in [0.15, 0.2) is 30.3 Å². The Bertz CT molecular complexity index is 621. The normalized spacial score (nSPS) is 17.1. The second kappa shape index (κ2) is 5.36. The quantitative estimate of drug-likeness (QED) is 0.893. The number of amides is 1. The molecule has 20 heavy (non-hydrogen) atoms. The molecule has 0 fully saturated rings. The van der Waals surface area contributed by atoms with Crippen LogP contribution in [0, 0.1) is 12.8 Å². The van der Waals surface area contributed by atoms with Crippen LogP contribution in [-0.4, -0.2) is 29.3 Å². The van der Waals surface area contributed by atoms with Crippen LogP contribution < -0.4 is 10.1 Å². The SMILES string of the molecule is Cc1cc(C(=O)NC[C@@H]2COc3ccccc3C2)n[nH]1. The summed E-state index contributed by atoms with van der Waals surface area (Å²) >= 11 is 0. The number of carbonyl (C=O) groups is 1. The first-order chi connectivity index (χ1) is 9.72. The van der Waals surface area contributed by atoms with E-state index in [2.05, 4.69) is 21.6 Å². The van der Waals surface area contributed by atoms with Crippen molar-refractivity contribution in [3.05, 3.63) is 47.3 Å². The molecule has 0 saturated carbocycles. The zero-order valence-electron chi connectivity index (χ0n) is 11.3. The summed E-state index contributed by atoms with van der Waals surface area (Å²) < 4.78 is 5.71. The zero-order chi connectivity index (χ0) is 13.9. The third-order valence-electron chi connectivity index (χ3n) is 3.45. The molecule has 1 aromatic carbocycles. The average Bonchev–Trinajstić information content (AvgIpc) is 2.91. The predicted octanol–water partition coefficient (Wildman–Crippen LogP) is 1.70. The van der Waals surface area contributed by atoms with Gasteiger partial charge in [0.15, 0.2) is 0 Å². The van der Waals surface area contributed by atoms with Crippen molar-refractivity contribution in [1.29, 1.82) is 0 Å². The van der Waals surface area contributed by atoms with Crippen molar-refractivity contribution in [2.75, 3.05) is 13.2 Å². The lowest BCUT2D eigenvalue weighted by Crippen LogP contribution is -2.34. The Morgan fingerprint density at radius 3 is 3.15 bits per heavy atom. The Labute approximate surface area is 117 Å². The van der Waals surface area contributed by atoms with Crippen molar-refractivity contribution in [2.24, 2.45) is 5.92 Å². The van der Waals surface area contributed by atoms with Gasteiger partial charge in [0.2, 0.25) is 0 Å². The third kappa shape index (κ3) is 2.66. The van der Waals surface area contributed by atoms with E-state index in [4.69, 9.17) is 4.74 Å². The van der Waals surface area contributed by atoms with Crippen LogP contribution >= 0.6 is 0 Å². The van der Waals surface area contributed by atoms with Crippen molar-refractivity contribution in [1.82, 2.24) is 15.5 Å². The summed E-state index contributed by atoms with van der Waals surface area (Å²) in [5, 5.41) is 9.62. The fourth-order valence-electron chi connectivity index (χ4n) is 2.38. The molecule has 1 aromatic heterocycles. The molecule has 0 saturated heterocycles. The molecule has 1 amide bonds. The van der Waals surface area contributed by atoms with Crippen LogP contribution in [0.4, 0.5) is 0 Å². The van der Waals surface area contributed by atoms with Crippen LogP contribution in [0.25, 0.3) is 0 Å². The first kappa shape index (κ1) is 12.7. The number of benzene rings is 1. The number of hydrogen-bond acceptors (Lipinski definition) is 3. The van der Waals surface area contributed by atoms with E-state index in [1.807, 2.05) is 25.1 Å². The van der Waals surface area contributed by atoms with E-state index in [0.717, 1.165) is 17.9 Å². The lowest BCUT2D eigenvalue weighted by atomic mass is 9.97. The van der Waals surface area contributed by atoms with Crippen LogP contribution in [0.3, 0.4) is 0 Å². The molecule has 0 spiro atoms. The van der Waals surface area contributed by atoms with Crippen molar-refractivity contribution < 1.29 is 9.53 Å². The molecule has 104 valence electrons. The maximum atomic E-state index is 11.9. The molecule has 2 aromatic rings. The molecule has 0 unspecified atom stereocenters. The van der Waals surface area contributed by atoms with Crippen molar-refractivity contribution in [2.45, 2.75) is 13.3 Å². The van der Waals surface area contributed by atoms with Gasteiger partial charge in [-0.2, -0.15) is 5.10 Å². The van der Waals surface area contributed by atoms with Crippen LogP contribution in [0.5, 0.6) is 5.75 Å². The van der Waals surface area contributed by atoms with Gasteiger partial charge in [-0.25, -0.2) is 0 Å².